The Hall–Kier alpha value is -4.58. The highest BCUT2D eigenvalue weighted by Gasteiger charge is 2.11. The van der Waals surface area contributed by atoms with E-state index < -0.39 is 5.91 Å². The van der Waals surface area contributed by atoms with Gasteiger partial charge in [-0.1, -0.05) is 54.6 Å². The van der Waals surface area contributed by atoms with E-state index in [0.29, 0.717) is 23.7 Å². The first kappa shape index (κ1) is 21.3. The van der Waals surface area contributed by atoms with Crippen LogP contribution in [0.5, 0.6) is 11.5 Å². The van der Waals surface area contributed by atoms with Gasteiger partial charge >= 0.3 is 5.91 Å². The summed E-state index contributed by atoms with van der Waals surface area (Å²) in [6, 6.07) is 29.1. The quantitative estimate of drug-likeness (QED) is 0.246. The smallest absolute Gasteiger partial charge is 0.307 e. The molecule has 1 heterocycles. The lowest BCUT2D eigenvalue weighted by Crippen LogP contribution is -2.16. The molecule has 0 fully saturated rings. The molecule has 0 aliphatic rings. The zero-order valence-corrected chi connectivity index (χ0v) is 18.5. The van der Waals surface area contributed by atoms with Crippen LogP contribution in [0, 0.1) is 0 Å². The number of carbonyl (C=O) groups is 1. The molecule has 0 radical (unpaired) electrons. The number of fused-ring (bicyclic) bond motifs is 2. The van der Waals surface area contributed by atoms with Gasteiger partial charge in [-0.2, -0.15) is 5.10 Å². The maximum absolute atomic E-state index is 12.3. The number of nitrogens with one attached hydrogen (secondary N) is 1. The standard InChI is InChI=1S/C28H22N2O4/c1-32-26-15-19(17-29-30-28(31)27-16-23-8-4-5-9-24(23)34-27)11-13-25(26)33-18-20-10-12-21-6-2-3-7-22(21)14-20/h2-17H,18H2,1H3,(H,30,31)/b29-17+. The van der Waals surface area contributed by atoms with E-state index in [1.165, 1.54) is 17.0 Å². The van der Waals surface area contributed by atoms with Crippen LogP contribution in [0.4, 0.5) is 0 Å². The van der Waals surface area contributed by atoms with Gasteiger partial charge in [0.05, 0.1) is 13.3 Å². The zero-order chi connectivity index (χ0) is 23.3. The van der Waals surface area contributed by atoms with Crippen LogP contribution in [0.25, 0.3) is 21.7 Å². The first-order chi connectivity index (χ1) is 16.7. The van der Waals surface area contributed by atoms with Crippen LogP contribution in [0.15, 0.2) is 101 Å². The Labute approximate surface area is 196 Å². The van der Waals surface area contributed by atoms with E-state index in [1.807, 2.05) is 48.5 Å². The number of furan rings is 1. The average Bonchev–Trinajstić information content (AvgIpc) is 3.32. The number of hydrazone groups is 1. The first-order valence-corrected chi connectivity index (χ1v) is 10.8. The van der Waals surface area contributed by atoms with Crippen LogP contribution in [0.2, 0.25) is 0 Å². The molecule has 0 atom stereocenters. The van der Waals surface area contributed by atoms with Gasteiger partial charge in [0.25, 0.3) is 0 Å². The Morgan fingerprint density at radius 1 is 0.882 bits per heavy atom. The van der Waals surface area contributed by atoms with Crippen molar-refractivity contribution in [1.29, 1.82) is 0 Å². The molecule has 0 aliphatic carbocycles. The second-order valence-corrected chi connectivity index (χ2v) is 7.73. The highest BCUT2D eigenvalue weighted by molar-refractivity contribution is 5.96. The van der Waals surface area contributed by atoms with Crippen LogP contribution >= 0.6 is 0 Å². The summed E-state index contributed by atoms with van der Waals surface area (Å²) in [6.45, 7) is 0.419. The van der Waals surface area contributed by atoms with Crippen LogP contribution in [-0.2, 0) is 6.61 Å². The fourth-order valence-electron chi connectivity index (χ4n) is 3.69. The minimum Gasteiger partial charge on any atom is -0.493 e. The van der Waals surface area contributed by atoms with E-state index in [9.17, 15) is 4.79 Å². The van der Waals surface area contributed by atoms with Gasteiger partial charge in [0, 0.05) is 5.39 Å². The van der Waals surface area contributed by atoms with Crippen molar-refractivity contribution in [3.8, 4) is 11.5 Å². The number of ether oxygens (including phenoxy) is 2. The lowest BCUT2D eigenvalue weighted by molar-refractivity contribution is 0.0929. The molecule has 1 aromatic heterocycles. The van der Waals surface area contributed by atoms with Gasteiger partial charge in [-0.3, -0.25) is 4.79 Å². The Balaban J connectivity index is 1.23. The normalized spacial score (nSPS) is 11.2. The summed E-state index contributed by atoms with van der Waals surface area (Å²) in [7, 11) is 1.59. The summed E-state index contributed by atoms with van der Waals surface area (Å²) >= 11 is 0. The monoisotopic (exact) mass is 450 g/mol. The topological polar surface area (TPSA) is 73.1 Å². The molecule has 0 unspecified atom stereocenters. The van der Waals surface area contributed by atoms with Gasteiger partial charge in [-0.15, -0.1) is 0 Å². The summed E-state index contributed by atoms with van der Waals surface area (Å²) < 4.78 is 17.0. The molecule has 0 spiro atoms. The molecule has 4 aromatic carbocycles. The van der Waals surface area contributed by atoms with Gasteiger partial charge in [-0.05, 0) is 58.3 Å². The van der Waals surface area contributed by atoms with Gasteiger partial charge in [0.2, 0.25) is 0 Å². The van der Waals surface area contributed by atoms with E-state index in [1.54, 1.807) is 19.2 Å². The number of carbonyl (C=O) groups excluding carboxylic acids is 1. The minimum absolute atomic E-state index is 0.202. The van der Waals surface area contributed by atoms with Crippen molar-refractivity contribution in [1.82, 2.24) is 5.43 Å². The summed E-state index contributed by atoms with van der Waals surface area (Å²) in [5.74, 6) is 0.982. The third-order valence-electron chi connectivity index (χ3n) is 5.42. The van der Waals surface area contributed by atoms with Crippen molar-refractivity contribution in [2.24, 2.45) is 5.10 Å². The number of benzene rings is 4. The molecule has 34 heavy (non-hydrogen) atoms. The number of para-hydroxylation sites is 1. The molecule has 1 amide bonds. The highest BCUT2D eigenvalue weighted by Crippen LogP contribution is 2.29. The Morgan fingerprint density at radius 3 is 2.50 bits per heavy atom. The maximum Gasteiger partial charge on any atom is 0.307 e. The lowest BCUT2D eigenvalue weighted by atomic mass is 10.1. The van der Waals surface area contributed by atoms with Crippen LogP contribution < -0.4 is 14.9 Å². The average molecular weight is 450 g/mol. The van der Waals surface area contributed by atoms with E-state index >= 15 is 0 Å². The summed E-state index contributed by atoms with van der Waals surface area (Å²) in [5, 5.41) is 7.26. The van der Waals surface area contributed by atoms with Crippen molar-refractivity contribution < 1.29 is 18.7 Å². The van der Waals surface area contributed by atoms with Gasteiger partial charge in [0.1, 0.15) is 12.2 Å². The summed E-state index contributed by atoms with van der Waals surface area (Å²) in [6.07, 6.45) is 1.54. The minimum atomic E-state index is -0.422. The summed E-state index contributed by atoms with van der Waals surface area (Å²) in [4.78, 5) is 12.3. The third-order valence-corrected chi connectivity index (χ3v) is 5.42. The fourth-order valence-corrected chi connectivity index (χ4v) is 3.69. The van der Waals surface area contributed by atoms with E-state index in [0.717, 1.165) is 16.5 Å². The molecule has 0 aliphatic heterocycles. The molecule has 6 nitrogen and oxygen atoms in total. The maximum atomic E-state index is 12.3. The van der Waals surface area contributed by atoms with Crippen LogP contribution in [0.1, 0.15) is 21.7 Å². The van der Waals surface area contributed by atoms with E-state index in [-0.39, 0.29) is 5.76 Å². The van der Waals surface area contributed by atoms with Crippen molar-refractivity contribution in [2.45, 2.75) is 6.61 Å². The first-order valence-electron chi connectivity index (χ1n) is 10.8. The second kappa shape index (κ2) is 9.50. The molecule has 0 saturated carbocycles. The summed E-state index contributed by atoms with van der Waals surface area (Å²) in [5.41, 5.74) is 4.96. The molecule has 168 valence electrons. The molecular weight excluding hydrogens is 428 g/mol. The number of hydrogen-bond donors (Lipinski definition) is 1. The Morgan fingerprint density at radius 2 is 1.68 bits per heavy atom. The Kier molecular flexibility index (Phi) is 5.95. The molecule has 0 saturated heterocycles. The Bertz CT molecular complexity index is 1470. The van der Waals surface area contributed by atoms with Crippen molar-refractivity contribution in [3.63, 3.8) is 0 Å². The second-order valence-electron chi connectivity index (χ2n) is 7.73. The number of amides is 1. The molecule has 5 aromatic rings. The fraction of sp³-hybridized carbons (Fsp3) is 0.0714. The number of hydrogen-bond acceptors (Lipinski definition) is 5. The molecule has 0 bridgehead atoms. The third kappa shape index (κ3) is 4.61. The van der Waals surface area contributed by atoms with Gasteiger partial charge in [0.15, 0.2) is 17.3 Å². The highest BCUT2D eigenvalue weighted by atomic mass is 16.5. The molecule has 5 rings (SSSR count). The lowest BCUT2D eigenvalue weighted by Gasteiger charge is -2.12. The van der Waals surface area contributed by atoms with Crippen molar-refractivity contribution in [3.05, 3.63) is 108 Å². The number of rotatable bonds is 7. The van der Waals surface area contributed by atoms with Gasteiger partial charge < -0.3 is 13.9 Å². The van der Waals surface area contributed by atoms with Crippen LogP contribution in [-0.4, -0.2) is 19.2 Å². The van der Waals surface area contributed by atoms with E-state index in [4.69, 9.17) is 13.9 Å². The molecular formula is C28H22N2O4. The SMILES string of the molecule is COc1cc(/C=N/NC(=O)c2cc3ccccc3o2)ccc1OCc1ccc2ccccc2c1. The van der Waals surface area contributed by atoms with E-state index in [2.05, 4.69) is 40.9 Å². The number of methoxy groups -OCH3 is 1. The van der Waals surface area contributed by atoms with Crippen molar-refractivity contribution >= 4 is 33.9 Å². The number of nitrogens with zero attached hydrogens (tertiary/aromatic N) is 1. The van der Waals surface area contributed by atoms with Crippen LogP contribution in [0.3, 0.4) is 0 Å². The predicted molar refractivity (Wildman–Crippen MR) is 133 cm³/mol. The molecule has 1 N–H and O–H groups in total. The largest absolute Gasteiger partial charge is 0.493 e. The molecule has 6 heteroatoms. The van der Waals surface area contributed by atoms with Gasteiger partial charge in [-0.25, -0.2) is 5.43 Å². The van der Waals surface area contributed by atoms with Crippen molar-refractivity contribution in [2.75, 3.05) is 7.11 Å². The zero-order valence-electron chi connectivity index (χ0n) is 18.5. The predicted octanol–water partition coefficient (Wildman–Crippen LogP) is 5.94.